The van der Waals surface area contributed by atoms with Crippen molar-refractivity contribution in [2.24, 2.45) is 0 Å². The van der Waals surface area contributed by atoms with Gasteiger partial charge in [0.1, 0.15) is 0 Å². The predicted octanol–water partition coefficient (Wildman–Crippen LogP) is -1.59. The summed E-state index contributed by atoms with van der Waals surface area (Å²) in [5.41, 5.74) is 0. The minimum absolute atomic E-state index is 0. The molecule has 0 saturated heterocycles. The molecule has 0 rings (SSSR count). The third kappa shape index (κ3) is 16.5. The van der Waals surface area contributed by atoms with Gasteiger partial charge in [0.05, 0.1) is 0 Å². The second-order valence-electron chi connectivity index (χ2n) is 1.01. The fraction of sp³-hybridized carbons (Fsp3) is 0. The van der Waals surface area contributed by atoms with Gasteiger partial charge in [0.2, 0.25) is 0 Å². The molecule has 0 atom stereocenters. The van der Waals surface area contributed by atoms with Crippen LogP contribution in [0.5, 0.6) is 0 Å². The standard InChI is InChI=1S/C4H4O4.2K.2H/c5-3(6)1-2-4(7)8;;;;/h1-2H,(H,5,6)(H,7,8);;;;/b2-1-;;;;. The molecule has 0 radical (unpaired) electrons. The molecule has 10 heavy (non-hydrogen) atoms. The van der Waals surface area contributed by atoms with E-state index >= 15 is 0 Å². The van der Waals surface area contributed by atoms with E-state index in [9.17, 15) is 9.59 Å². The van der Waals surface area contributed by atoms with E-state index in [1.165, 1.54) is 0 Å². The van der Waals surface area contributed by atoms with E-state index in [0.717, 1.165) is 0 Å². The molecular formula is C4H6K2O4. The van der Waals surface area contributed by atoms with E-state index < -0.39 is 11.9 Å². The zero-order valence-electron chi connectivity index (χ0n) is 3.87. The van der Waals surface area contributed by atoms with Crippen molar-refractivity contribution in [1.82, 2.24) is 0 Å². The van der Waals surface area contributed by atoms with Crippen LogP contribution >= 0.6 is 0 Å². The molecule has 0 amide bonds. The molecule has 4 nitrogen and oxygen atoms in total. The molecular weight excluding hydrogens is 190 g/mol. The van der Waals surface area contributed by atoms with E-state index in [-0.39, 0.29) is 103 Å². The van der Waals surface area contributed by atoms with Crippen LogP contribution in [0, 0.1) is 0 Å². The van der Waals surface area contributed by atoms with Gasteiger partial charge in [-0.2, -0.15) is 0 Å². The fourth-order valence-corrected chi connectivity index (χ4v) is 0.143. The molecule has 0 aromatic heterocycles. The van der Waals surface area contributed by atoms with Gasteiger partial charge in [-0.3, -0.25) is 0 Å². The van der Waals surface area contributed by atoms with Gasteiger partial charge in [-0.15, -0.1) is 0 Å². The van der Waals surface area contributed by atoms with Crippen LogP contribution in [0.25, 0.3) is 0 Å². The number of carboxylic acids is 2. The number of aliphatic carboxylic acids is 2. The van der Waals surface area contributed by atoms with Gasteiger partial charge in [0.15, 0.2) is 0 Å². The normalized spacial score (nSPS) is 7.60. The Hall–Kier alpha value is 1.95. The van der Waals surface area contributed by atoms with Crippen molar-refractivity contribution in [1.29, 1.82) is 0 Å². The summed E-state index contributed by atoms with van der Waals surface area (Å²) in [6.07, 6.45) is 1.12. The second kappa shape index (κ2) is 11.0. The van der Waals surface area contributed by atoms with E-state index in [0.29, 0.717) is 12.2 Å². The average Bonchev–Trinajstić information content (AvgIpc) is 1.61. The maximum atomic E-state index is 9.55. The second-order valence-corrected chi connectivity index (χ2v) is 1.01. The van der Waals surface area contributed by atoms with Crippen LogP contribution < -0.4 is 0 Å². The number of hydrogen-bond acceptors (Lipinski definition) is 2. The summed E-state index contributed by atoms with van der Waals surface area (Å²) in [7, 11) is 0. The van der Waals surface area contributed by atoms with Crippen molar-refractivity contribution in [2.45, 2.75) is 0 Å². The van der Waals surface area contributed by atoms with Crippen LogP contribution in [0.2, 0.25) is 0 Å². The molecule has 0 aromatic rings. The fourth-order valence-electron chi connectivity index (χ4n) is 0.143. The molecule has 0 saturated carbocycles. The maximum absolute atomic E-state index is 9.55. The van der Waals surface area contributed by atoms with Crippen LogP contribution in [0.1, 0.15) is 0 Å². The first-order chi connectivity index (χ1) is 3.63. The molecule has 0 aliphatic carbocycles. The topological polar surface area (TPSA) is 74.6 Å². The molecule has 0 aliphatic rings. The molecule has 0 heterocycles. The predicted molar refractivity (Wildman–Crippen MR) is 38.7 cm³/mol. The van der Waals surface area contributed by atoms with Gasteiger partial charge in [-0.05, 0) is 0 Å². The Kier molecular flexibility index (Phi) is 19.6. The van der Waals surface area contributed by atoms with E-state index in [1.807, 2.05) is 0 Å². The first-order valence-corrected chi connectivity index (χ1v) is 1.77. The Morgan fingerprint density at radius 2 is 1.10 bits per heavy atom. The van der Waals surface area contributed by atoms with E-state index in [2.05, 4.69) is 0 Å². The van der Waals surface area contributed by atoms with Gasteiger partial charge in [-0.25, -0.2) is 9.59 Å². The molecule has 48 valence electrons. The van der Waals surface area contributed by atoms with Crippen molar-refractivity contribution in [3.8, 4) is 0 Å². The molecule has 0 aliphatic heterocycles. The Morgan fingerprint density at radius 1 is 0.900 bits per heavy atom. The third-order valence-corrected chi connectivity index (χ3v) is 0.368. The summed E-state index contributed by atoms with van der Waals surface area (Å²) in [5.74, 6) is -2.51. The summed E-state index contributed by atoms with van der Waals surface area (Å²) >= 11 is 0. The molecule has 0 aromatic carbocycles. The van der Waals surface area contributed by atoms with Crippen molar-refractivity contribution in [3.63, 3.8) is 0 Å². The van der Waals surface area contributed by atoms with Gasteiger partial charge in [-0.1, -0.05) is 0 Å². The van der Waals surface area contributed by atoms with E-state index in [1.54, 1.807) is 0 Å². The average molecular weight is 196 g/mol. The summed E-state index contributed by atoms with van der Waals surface area (Å²) in [6, 6.07) is 0. The Morgan fingerprint density at radius 3 is 1.20 bits per heavy atom. The quantitative estimate of drug-likeness (QED) is 0.413. The van der Waals surface area contributed by atoms with Crippen LogP contribution in [0.4, 0.5) is 0 Å². The van der Waals surface area contributed by atoms with E-state index in [4.69, 9.17) is 10.2 Å². The summed E-state index contributed by atoms with van der Waals surface area (Å²) in [5, 5.41) is 15.6. The number of carbonyl (C=O) groups is 2. The first kappa shape index (κ1) is 17.9. The molecule has 2 N–H and O–H groups in total. The zero-order valence-corrected chi connectivity index (χ0v) is 3.87. The summed E-state index contributed by atoms with van der Waals surface area (Å²) in [4.78, 5) is 19.1. The first-order valence-electron chi connectivity index (χ1n) is 1.77. The number of hydrogen-bond donors (Lipinski definition) is 2. The monoisotopic (exact) mass is 196 g/mol. The Bertz CT molecular complexity index is 126. The Balaban J connectivity index is -0.000000245. The van der Waals surface area contributed by atoms with Crippen LogP contribution in [0.15, 0.2) is 12.2 Å². The molecule has 0 bridgehead atoms. The Labute approximate surface area is 143 Å². The van der Waals surface area contributed by atoms with Crippen molar-refractivity contribution in [2.75, 3.05) is 0 Å². The summed E-state index contributed by atoms with van der Waals surface area (Å²) in [6.45, 7) is 0. The molecule has 0 unspecified atom stereocenters. The van der Waals surface area contributed by atoms with Gasteiger partial charge >= 0.3 is 115 Å². The van der Waals surface area contributed by atoms with Crippen molar-refractivity contribution in [3.05, 3.63) is 12.2 Å². The molecule has 0 spiro atoms. The number of rotatable bonds is 2. The zero-order chi connectivity index (χ0) is 6.57. The third-order valence-electron chi connectivity index (χ3n) is 0.368. The number of carboxylic acid groups (broad SMARTS) is 2. The molecule has 6 heteroatoms. The van der Waals surface area contributed by atoms with Gasteiger partial charge in [0, 0.05) is 12.2 Å². The summed E-state index contributed by atoms with van der Waals surface area (Å²) < 4.78 is 0. The van der Waals surface area contributed by atoms with Crippen LogP contribution in [0.3, 0.4) is 0 Å². The minimum atomic E-state index is -1.26. The SMILES string of the molecule is O=C(O)/C=C\C(=O)O.[KH].[KH]. The van der Waals surface area contributed by atoms with Gasteiger partial charge in [0.25, 0.3) is 0 Å². The molecule has 0 fully saturated rings. The van der Waals surface area contributed by atoms with Crippen molar-refractivity contribution < 1.29 is 19.8 Å². The van der Waals surface area contributed by atoms with Crippen LogP contribution in [-0.4, -0.2) is 125 Å². The van der Waals surface area contributed by atoms with Crippen LogP contribution in [-0.2, 0) is 9.59 Å². The van der Waals surface area contributed by atoms with Crippen molar-refractivity contribution >= 4 is 115 Å². The van der Waals surface area contributed by atoms with Gasteiger partial charge < -0.3 is 10.2 Å².